The van der Waals surface area contributed by atoms with E-state index in [-0.39, 0.29) is 6.61 Å². The normalized spacial score (nSPS) is 22.7. The van der Waals surface area contributed by atoms with Gasteiger partial charge in [-0.25, -0.2) is 0 Å². The third-order valence-electron chi connectivity index (χ3n) is 1.30. The quantitative estimate of drug-likeness (QED) is 0.337. The zero-order valence-electron chi connectivity index (χ0n) is 5.40. The molecule has 0 radical (unpaired) electrons. The SMILES string of the molecule is OCC(O)OC1(CO)C=C1. The first-order valence-electron chi connectivity index (χ1n) is 3.00. The molecular formula is C6H10O4. The molecule has 0 saturated carbocycles. The number of ether oxygens (including phenoxy) is 1. The van der Waals surface area contributed by atoms with Crippen molar-refractivity contribution in [3.8, 4) is 0 Å². The molecule has 3 N–H and O–H groups in total. The highest BCUT2D eigenvalue weighted by Gasteiger charge is 2.36. The van der Waals surface area contributed by atoms with Gasteiger partial charge in [-0.2, -0.15) is 0 Å². The Morgan fingerprint density at radius 1 is 1.40 bits per heavy atom. The van der Waals surface area contributed by atoms with Crippen LogP contribution in [0.15, 0.2) is 12.2 Å². The third kappa shape index (κ3) is 1.54. The van der Waals surface area contributed by atoms with Gasteiger partial charge in [0, 0.05) is 0 Å². The highest BCUT2D eigenvalue weighted by atomic mass is 16.6. The van der Waals surface area contributed by atoms with Crippen molar-refractivity contribution in [2.24, 2.45) is 0 Å². The molecule has 1 rings (SSSR count). The van der Waals surface area contributed by atoms with E-state index in [9.17, 15) is 0 Å². The highest BCUT2D eigenvalue weighted by Crippen LogP contribution is 2.28. The van der Waals surface area contributed by atoms with Crippen LogP contribution in [0.25, 0.3) is 0 Å². The van der Waals surface area contributed by atoms with Crippen LogP contribution in [-0.2, 0) is 4.74 Å². The molecule has 0 amide bonds. The summed E-state index contributed by atoms with van der Waals surface area (Å²) in [7, 11) is 0. The minimum atomic E-state index is -1.21. The average Bonchev–Trinajstić information content (AvgIpc) is 2.70. The van der Waals surface area contributed by atoms with Gasteiger partial charge < -0.3 is 20.1 Å². The van der Waals surface area contributed by atoms with Crippen molar-refractivity contribution in [2.75, 3.05) is 13.2 Å². The van der Waals surface area contributed by atoms with E-state index in [1.165, 1.54) is 0 Å². The molecule has 0 aromatic heterocycles. The van der Waals surface area contributed by atoms with E-state index in [1.54, 1.807) is 12.2 Å². The Kier molecular flexibility index (Phi) is 2.05. The molecule has 1 aliphatic carbocycles. The Hall–Kier alpha value is -0.420. The number of aliphatic hydroxyl groups excluding tert-OH is 3. The Labute approximate surface area is 58.4 Å². The van der Waals surface area contributed by atoms with E-state index in [1.807, 2.05) is 0 Å². The highest BCUT2D eigenvalue weighted by molar-refractivity contribution is 5.30. The van der Waals surface area contributed by atoms with Crippen molar-refractivity contribution in [3.63, 3.8) is 0 Å². The lowest BCUT2D eigenvalue weighted by Crippen LogP contribution is -2.30. The number of hydrogen-bond acceptors (Lipinski definition) is 4. The second-order valence-electron chi connectivity index (χ2n) is 2.20. The van der Waals surface area contributed by atoms with Gasteiger partial charge in [0.25, 0.3) is 0 Å². The van der Waals surface area contributed by atoms with Gasteiger partial charge in [0.1, 0.15) is 5.60 Å². The zero-order chi connectivity index (χ0) is 7.61. The molecule has 1 unspecified atom stereocenters. The first-order chi connectivity index (χ1) is 4.72. The topological polar surface area (TPSA) is 69.9 Å². The molecule has 0 spiro atoms. The Balaban J connectivity index is 2.24. The Morgan fingerprint density at radius 3 is 2.30 bits per heavy atom. The summed E-state index contributed by atoms with van der Waals surface area (Å²) in [6.45, 7) is -0.645. The molecule has 0 saturated heterocycles. The average molecular weight is 146 g/mol. The van der Waals surface area contributed by atoms with E-state index < -0.39 is 18.5 Å². The van der Waals surface area contributed by atoms with Crippen molar-refractivity contribution >= 4 is 0 Å². The summed E-state index contributed by atoms with van der Waals surface area (Å²) < 4.78 is 4.79. The zero-order valence-corrected chi connectivity index (χ0v) is 5.40. The van der Waals surface area contributed by atoms with Gasteiger partial charge in [-0.1, -0.05) is 0 Å². The smallest absolute Gasteiger partial charge is 0.179 e. The molecule has 4 heteroatoms. The second kappa shape index (κ2) is 2.67. The Morgan fingerprint density at radius 2 is 2.00 bits per heavy atom. The standard InChI is InChI=1S/C6H10O4/c7-3-5(9)10-6(4-8)1-2-6/h1-2,5,7-9H,3-4H2. The molecule has 0 aromatic rings. The minimum Gasteiger partial charge on any atom is -0.393 e. The number of hydrogen-bond donors (Lipinski definition) is 3. The van der Waals surface area contributed by atoms with E-state index in [0.29, 0.717) is 0 Å². The molecular weight excluding hydrogens is 136 g/mol. The van der Waals surface area contributed by atoms with Crippen LogP contribution in [0.5, 0.6) is 0 Å². The van der Waals surface area contributed by atoms with Gasteiger partial charge in [-0.05, 0) is 12.2 Å². The molecule has 1 atom stereocenters. The van der Waals surface area contributed by atoms with Crippen molar-refractivity contribution in [2.45, 2.75) is 11.9 Å². The molecule has 10 heavy (non-hydrogen) atoms. The first kappa shape index (κ1) is 7.68. The van der Waals surface area contributed by atoms with Crippen LogP contribution >= 0.6 is 0 Å². The predicted octanol–water partition coefficient (Wildman–Crippen LogP) is -1.39. The molecule has 0 aliphatic heterocycles. The molecule has 0 heterocycles. The number of rotatable bonds is 4. The Bertz CT molecular complexity index is 137. The molecule has 58 valence electrons. The summed E-state index contributed by atoms with van der Waals surface area (Å²) >= 11 is 0. The monoisotopic (exact) mass is 146 g/mol. The summed E-state index contributed by atoms with van der Waals surface area (Å²) in [6, 6.07) is 0. The van der Waals surface area contributed by atoms with Crippen molar-refractivity contribution in [1.82, 2.24) is 0 Å². The molecule has 4 nitrogen and oxygen atoms in total. The largest absolute Gasteiger partial charge is 0.393 e. The predicted molar refractivity (Wildman–Crippen MR) is 33.1 cm³/mol. The summed E-state index contributed by atoms with van der Waals surface area (Å²) in [6.07, 6.45) is 2.03. The van der Waals surface area contributed by atoms with Crippen molar-refractivity contribution in [3.05, 3.63) is 12.2 Å². The van der Waals surface area contributed by atoms with E-state index >= 15 is 0 Å². The first-order valence-corrected chi connectivity index (χ1v) is 3.00. The van der Waals surface area contributed by atoms with E-state index in [4.69, 9.17) is 20.1 Å². The van der Waals surface area contributed by atoms with Crippen LogP contribution in [0.4, 0.5) is 0 Å². The molecule has 1 aliphatic rings. The van der Waals surface area contributed by atoms with E-state index in [2.05, 4.69) is 0 Å². The van der Waals surface area contributed by atoms with Crippen molar-refractivity contribution < 1.29 is 20.1 Å². The van der Waals surface area contributed by atoms with Gasteiger partial charge in [-0.3, -0.25) is 0 Å². The summed E-state index contributed by atoms with van der Waals surface area (Å²) in [4.78, 5) is 0. The fourth-order valence-corrected chi connectivity index (χ4v) is 0.605. The fraction of sp³-hybridized carbons (Fsp3) is 0.667. The maximum atomic E-state index is 8.74. The van der Waals surface area contributed by atoms with Crippen molar-refractivity contribution in [1.29, 1.82) is 0 Å². The lowest BCUT2D eigenvalue weighted by Gasteiger charge is -2.17. The summed E-state index contributed by atoms with van der Waals surface area (Å²) in [5, 5.41) is 25.7. The number of aliphatic hydroxyl groups is 3. The lowest BCUT2D eigenvalue weighted by molar-refractivity contribution is -0.167. The minimum absolute atomic E-state index is 0.190. The van der Waals surface area contributed by atoms with Crippen LogP contribution in [0, 0.1) is 0 Å². The summed E-state index contributed by atoms with van der Waals surface area (Å²) in [5.41, 5.74) is -0.790. The van der Waals surface area contributed by atoms with Gasteiger partial charge in [0.05, 0.1) is 13.2 Å². The maximum absolute atomic E-state index is 8.74. The van der Waals surface area contributed by atoms with Crippen LogP contribution in [0.1, 0.15) is 0 Å². The van der Waals surface area contributed by atoms with Crippen LogP contribution in [-0.4, -0.2) is 40.4 Å². The van der Waals surface area contributed by atoms with Gasteiger partial charge >= 0.3 is 0 Å². The van der Waals surface area contributed by atoms with Crippen LogP contribution < -0.4 is 0 Å². The molecule has 0 bridgehead atoms. The second-order valence-corrected chi connectivity index (χ2v) is 2.20. The van der Waals surface area contributed by atoms with Crippen LogP contribution in [0.2, 0.25) is 0 Å². The summed E-state index contributed by atoms with van der Waals surface area (Å²) in [5.74, 6) is 0. The fourth-order valence-electron chi connectivity index (χ4n) is 0.605. The maximum Gasteiger partial charge on any atom is 0.179 e. The van der Waals surface area contributed by atoms with Crippen LogP contribution in [0.3, 0.4) is 0 Å². The molecule has 0 fully saturated rings. The van der Waals surface area contributed by atoms with Gasteiger partial charge in [0.2, 0.25) is 0 Å². The van der Waals surface area contributed by atoms with Gasteiger partial charge in [-0.15, -0.1) is 0 Å². The molecule has 0 aromatic carbocycles. The lowest BCUT2D eigenvalue weighted by atomic mass is 10.3. The van der Waals surface area contributed by atoms with E-state index in [0.717, 1.165) is 0 Å². The van der Waals surface area contributed by atoms with Gasteiger partial charge in [0.15, 0.2) is 6.29 Å². The third-order valence-corrected chi connectivity index (χ3v) is 1.30.